The average Bonchev–Trinajstić information content (AvgIpc) is 2.37. The molecule has 1 unspecified atom stereocenters. The molecule has 0 bridgehead atoms. The summed E-state index contributed by atoms with van der Waals surface area (Å²) in [4.78, 5) is 4.82. The maximum atomic E-state index is 13.1. The lowest BCUT2D eigenvalue weighted by Gasteiger charge is -2.44. The molecule has 1 aromatic carbocycles. The van der Waals surface area contributed by atoms with E-state index in [1.165, 1.54) is 12.1 Å². The third kappa shape index (κ3) is 3.30. The number of phenolic OH excluding ortho intramolecular Hbond substituents is 1. The predicted molar refractivity (Wildman–Crippen MR) is 79.4 cm³/mol. The molecule has 0 spiro atoms. The summed E-state index contributed by atoms with van der Waals surface area (Å²) in [6, 6.07) is 4.40. The van der Waals surface area contributed by atoms with E-state index >= 15 is 0 Å². The molecule has 0 aliphatic carbocycles. The second-order valence-corrected chi connectivity index (χ2v) is 6.57. The zero-order chi connectivity index (χ0) is 14.9. The van der Waals surface area contributed by atoms with Crippen LogP contribution in [0.3, 0.4) is 0 Å². The van der Waals surface area contributed by atoms with Crippen molar-refractivity contribution in [3.8, 4) is 5.75 Å². The van der Waals surface area contributed by atoms with Crippen LogP contribution in [-0.4, -0.2) is 46.6 Å². The van der Waals surface area contributed by atoms with Gasteiger partial charge in [0.25, 0.3) is 0 Å². The summed E-state index contributed by atoms with van der Waals surface area (Å²) in [6.45, 7) is 12.8. The summed E-state index contributed by atoms with van der Waals surface area (Å²) in [5.74, 6) is -0.341. The minimum atomic E-state index is -0.393. The molecule has 0 radical (unpaired) electrons. The first-order chi connectivity index (χ1) is 9.29. The Morgan fingerprint density at radius 1 is 1.15 bits per heavy atom. The number of hydrogen-bond donors (Lipinski definition) is 1. The minimum absolute atomic E-state index is 0.0516. The Morgan fingerprint density at radius 3 is 2.25 bits per heavy atom. The van der Waals surface area contributed by atoms with Gasteiger partial charge in [-0.15, -0.1) is 0 Å². The van der Waals surface area contributed by atoms with Gasteiger partial charge in [0.1, 0.15) is 11.6 Å². The highest BCUT2D eigenvalue weighted by Gasteiger charge is 2.28. The number of aromatic hydroxyl groups is 1. The quantitative estimate of drug-likeness (QED) is 0.902. The second kappa shape index (κ2) is 5.70. The lowest BCUT2D eigenvalue weighted by Crippen LogP contribution is -2.53. The fraction of sp³-hybridized carbons (Fsp3) is 0.625. The van der Waals surface area contributed by atoms with E-state index in [-0.39, 0.29) is 17.3 Å². The van der Waals surface area contributed by atoms with Crippen molar-refractivity contribution in [2.75, 3.05) is 26.2 Å². The first-order valence-corrected chi connectivity index (χ1v) is 7.26. The molecule has 0 aromatic heterocycles. The van der Waals surface area contributed by atoms with Crippen molar-refractivity contribution in [2.45, 2.75) is 39.3 Å². The molecule has 4 heteroatoms. The molecule has 20 heavy (non-hydrogen) atoms. The van der Waals surface area contributed by atoms with Crippen molar-refractivity contribution in [1.82, 2.24) is 9.80 Å². The standard InChI is InChI=1S/C16H25FN2O/c1-12(14-6-5-13(17)11-15(14)20)18-7-9-19(10-8-18)16(2,3)4/h5-6,11-12,20H,7-10H2,1-4H3. The topological polar surface area (TPSA) is 26.7 Å². The maximum absolute atomic E-state index is 13.1. The van der Waals surface area contributed by atoms with Gasteiger partial charge in [0, 0.05) is 49.4 Å². The molecule has 0 amide bonds. The second-order valence-electron chi connectivity index (χ2n) is 6.57. The lowest BCUT2D eigenvalue weighted by atomic mass is 10.0. The number of hydrogen-bond acceptors (Lipinski definition) is 3. The Labute approximate surface area is 121 Å². The van der Waals surface area contributed by atoms with Crippen LogP contribution in [0.1, 0.15) is 39.3 Å². The van der Waals surface area contributed by atoms with Crippen molar-refractivity contribution in [2.24, 2.45) is 0 Å². The Kier molecular flexibility index (Phi) is 4.35. The van der Waals surface area contributed by atoms with Gasteiger partial charge in [0.05, 0.1) is 0 Å². The smallest absolute Gasteiger partial charge is 0.126 e. The van der Waals surface area contributed by atoms with E-state index < -0.39 is 5.82 Å². The molecule has 1 N–H and O–H groups in total. The summed E-state index contributed by atoms with van der Waals surface area (Å²) in [7, 11) is 0. The summed E-state index contributed by atoms with van der Waals surface area (Å²) >= 11 is 0. The van der Waals surface area contributed by atoms with Crippen LogP contribution in [0.4, 0.5) is 4.39 Å². The molecule has 3 nitrogen and oxygen atoms in total. The third-order valence-electron chi connectivity index (χ3n) is 4.25. The first-order valence-electron chi connectivity index (χ1n) is 7.26. The molecule has 1 fully saturated rings. The van der Waals surface area contributed by atoms with Crippen molar-refractivity contribution in [3.63, 3.8) is 0 Å². The SMILES string of the molecule is CC(c1ccc(F)cc1O)N1CCN(C(C)(C)C)CC1. The Hall–Kier alpha value is -1.13. The van der Waals surface area contributed by atoms with Crippen LogP contribution in [0.25, 0.3) is 0 Å². The van der Waals surface area contributed by atoms with E-state index in [9.17, 15) is 9.50 Å². The van der Waals surface area contributed by atoms with Gasteiger partial charge in [-0.25, -0.2) is 4.39 Å². The van der Waals surface area contributed by atoms with E-state index in [4.69, 9.17) is 0 Å². The van der Waals surface area contributed by atoms with Crippen molar-refractivity contribution >= 4 is 0 Å². The fourth-order valence-corrected chi connectivity index (χ4v) is 2.85. The zero-order valence-electron chi connectivity index (χ0n) is 12.9. The average molecular weight is 280 g/mol. The zero-order valence-corrected chi connectivity index (χ0v) is 12.9. The normalized spacial score (nSPS) is 20.1. The van der Waals surface area contributed by atoms with Crippen molar-refractivity contribution in [3.05, 3.63) is 29.6 Å². The molecular formula is C16H25FN2O. The molecule has 1 aliphatic heterocycles. The number of benzene rings is 1. The molecule has 1 aromatic rings. The van der Waals surface area contributed by atoms with Gasteiger partial charge in [0.2, 0.25) is 0 Å². The number of rotatable bonds is 2. The van der Waals surface area contributed by atoms with Crippen LogP contribution in [0.5, 0.6) is 5.75 Å². The molecule has 1 aliphatic rings. The van der Waals surface area contributed by atoms with Crippen LogP contribution in [0.2, 0.25) is 0 Å². The third-order valence-corrected chi connectivity index (χ3v) is 4.25. The molecular weight excluding hydrogens is 255 g/mol. The number of phenols is 1. The van der Waals surface area contributed by atoms with E-state index in [2.05, 4.69) is 37.5 Å². The van der Waals surface area contributed by atoms with Gasteiger partial charge < -0.3 is 5.11 Å². The summed E-state index contributed by atoms with van der Waals surface area (Å²) in [6.07, 6.45) is 0. The summed E-state index contributed by atoms with van der Waals surface area (Å²) in [5, 5.41) is 9.90. The van der Waals surface area contributed by atoms with Crippen LogP contribution in [0, 0.1) is 5.82 Å². The van der Waals surface area contributed by atoms with Crippen LogP contribution >= 0.6 is 0 Å². The van der Waals surface area contributed by atoms with Gasteiger partial charge >= 0.3 is 0 Å². The Bertz CT molecular complexity index is 462. The monoisotopic (exact) mass is 280 g/mol. The molecule has 1 atom stereocenters. The molecule has 112 valence electrons. The predicted octanol–water partition coefficient (Wildman–Crippen LogP) is 3.01. The van der Waals surface area contributed by atoms with Gasteiger partial charge in [0.15, 0.2) is 0 Å². The largest absolute Gasteiger partial charge is 0.508 e. The first kappa shape index (κ1) is 15.3. The molecule has 2 rings (SSSR count). The van der Waals surface area contributed by atoms with Gasteiger partial charge in [-0.2, -0.15) is 0 Å². The van der Waals surface area contributed by atoms with Crippen LogP contribution < -0.4 is 0 Å². The Balaban J connectivity index is 2.03. The summed E-state index contributed by atoms with van der Waals surface area (Å²) in [5.41, 5.74) is 1.00. The fourth-order valence-electron chi connectivity index (χ4n) is 2.85. The number of piperazine rings is 1. The van der Waals surface area contributed by atoms with Crippen LogP contribution in [0.15, 0.2) is 18.2 Å². The van der Waals surface area contributed by atoms with Gasteiger partial charge in [-0.1, -0.05) is 6.07 Å². The van der Waals surface area contributed by atoms with Gasteiger partial charge in [-0.3, -0.25) is 9.80 Å². The highest BCUT2D eigenvalue weighted by molar-refractivity contribution is 5.35. The van der Waals surface area contributed by atoms with Crippen molar-refractivity contribution in [1.29, 1.82) is 0 Å². The summed E-state index contributed by atoms with van der Waals surface area (Å²) < 4.78 is 13.1. The Morgan fingerprint density at radius 2 is 1.75 bits per heavy atom. The highest BCUT2D eigenvalue weighted by atomic mass is 19.1. The lowest BCUT2D eigenvalue weighted by molar-refractivity contribution is 0.0449. The van der Waals surface area contributed by atoms with Crippen molar-refractivity contribution < 1.29 is 9.50 Å². The molecule has 1 saturated heterocycles. The molecule has 0 saturated carbocycles. The van der Waals surface area contributed by atoms with E-state index in [1.54, 1.807) is 6.07 Å². The maximum Gasteiger partial charge on any atom is 0.126 e. The number of halogens is 1. The molecule has 1 heterocycles. The highest BCUT2D eigenvalue weighted by Crippen LogP contribution is 2.30. The van der Waals surface area contributed by atoms with E-state index in [0.29, 0.717) is 0 Å². The van der Waals surface area contributed by atoms with Gasteiger partial charge in [-0.05, 0) is 33.8 Å². The van der Waals surface area contributed by atoms with Crippen LogP contribution in [-0.2, 0) is 0 Å². The van der Waals surface area contributed by atoms with E-state index in [1.807, 2.05) is 0 Å². The minimum Gasteiger partial charge on any atom is -0.508 e. The number of nitrogens with zero attached hydrogens (tertiary/aromatic N) is 2. The van der Waals surface area contributed by atoms with E-state index in [0.717, 1.165) is 31.7 Å².